The summed E-state index contributed by atoms with van der Waals surface area (Å²) in [6.07, 6.45) is 0. The van der Waals surface area contributed by atoms with Gasteiger partial charge in [-0.25, -0.2) is 0 Å². The van der Waals surface area contributed by atoms with E-state index in [0.717, 1.165) is 0 Å². The van der Waals surface area contributed by atoms with Gasteiger partial charge in [-0.3, -0.25) is 0 Å². The van der Waals surface area contributed by atoms with Crippen molar-refractivity contribution in [2.75, 3.05) is 0 Å². The molecule has 0 saturated heterocycles. The molecule has 314 valence electrons. The van der Waals surface area contributed by atoms with Gasteiger partial charge in [0.25, 0.3) is 0 Å². The van der Waals surface area contributed by atoms with Crippen LogP contribution in [0.25, 0.3) is 0 Å². The summed E-state index contributed by atoms with van der Waals surface area (Å²) < 4.78 is 145. The van der Waals surface area contributed by atoms with Crippen LogP contribution < -0.4 is 4.74 Å². The van der Waals surface area contributed by atoms with E-state index in [0.29, 0.717) is 30.2 Å². The third-order valence-corrected chi connectivity index (χ3v) is 17.7. The van der Waals surface area contributed by atoms with Gasteiger partial charge in [0.2, 0.25) is 0 Å². The first-order chi connectivity index (χ1) is 27.6. The van der Waals surface area contributed by atoms with Crippen LogP contribution in [0.3, 0.4) is 0 Å². The molecule has 0 amide bonds. The van der Waals surface area contributed by atoms with Gasteiger partial charge in [0.15, 0.2) is 0 Å². The van der Waals surface area contributed by atoms with Crippen molar-refractivity contribution in [2.45, 2.75) is 66.8 Å². The van der Waals surface area contributed by atoms with Gasteiger partial charge in [-0.15, -0.1) is 0 Å². The number of ether oxygens (including phenoxy) is 1. The minimum absolute atomic E-state index is 0.281. The van der Waals surface area contributed by atoms with Crippen LogP contribution in [-0.4, -0.2) is 33.5 Å². The number of halogens is 6. The third-order valence-electron chi connectivity index (χ3n) is 7.91. The Morgan fingerprint density at radius 3 is 0.780 bits per heavy atom. The molecule has 0 aliphatic heterocycles. The highest BCUT2D eigenvalue weighted by molar-refractivity contribution is 8.33. The summed E-state index contributed by atoms with van der Waals surface area (Å²) in [4.78, 5) is 1.93. The monoisotopic (exact) mass is 896 g/mol. The van der Waals surface area contributed by atoms with Crippen molar-refractivity contribution in [3.05, 3.63) is 176 Å². The smallest absolute Gasteiger partial charge is 0.488 e. The zero-order valence-corrected chi connectivity index (χ0v) is 34.8. The minimum atomic E-state index is -5.93. The Morgan fingerprint density at radius 1 is 0.356 bits per heavy atom. The molecule has 0 aliphatic rings. The predicted octanol–water partition coefficient (Wildman–Crippen LogP) is 12.7. The largest absolute Gasteiger partial charge is 0.524 e. The molecule has 17 heteroatoms. The Bertz CT molecular complexity index is 2350. The Kier molecular flexibility index (Phi) is 13.7. The van der Waals surface area contributed by atoms with E-state index in [1.54, 1.807) is 176 Å². The Labute approximate surface area is 342 Å². The van der Waals surface area contributed by atoms with E-state index in [-0.39, 0.29) is 4.90 Å². The molecule has 0 aromatic heterocycles. The van der Waals surface area contributed by atoms with Crippen molar-refractivity contribution in [3.8, 4) is 5.75 Å². The molecule has 6 aromatic rings. The first-order valence-electron chi connectivity index (χ1n) is 17.4. The molecule has 0 unspecified atom stereocenters. The van der Waals surface area contributed by atoms with E-state index >= 15 is 0 Å². The van der Waals surface area contributed by atoms with E-state index in [4.69, 9.17) is 12.0 Å². The van der Waals surface area contributed by atoms with Gasteiger partial charge >= 0.3 is 31.3 Å². The van der Waals surface area contributed by atoms with Crippen molar-refractivity contribution in [1.29, 1.82) is 0 Å². The third kappa shape index (κ3) is 10.3. The molecular formula is C42H38F6O7S4. The molecule has 0 aliphatic carbocycles. The van der Waals surface area contributed by atoms with E-state index < -0.39 is 57.5 Å². The van der Waals surface area contributed by atoms with Crippen LogP contribution in [0.4, 0.5) is 26.3 Å². The average molecular weight is 897 g/mol. The van der Waals surface area contributed by atoms with Crippen LogP contribution in [0.15, 0.2) is 205 Å². The van der Waals surface area contributed by atoms with Crippen LogP contribution in [0.1, 0.15) is 20.8 Å². The lowest BCUT2D eigenvalue weighted by Crippen LogP contribution is -2.27. The molecular weight excluding hydrogens is 859 g/mol. The van der Waals surface area contributed by atoms with Crippen molar-refractivity contribution >= 4 is 40.9 Å². The van der Waals surface area contributed by atoms with Gasteiger partial charge in [-0.05, 0) is 126 Å². The summed E-state index contributed by atoms with van der Waals surface area (Å²) >= 11 is 0. The van der Waals surface area contributed by atoms with Crippen LogP contribution in [-0.2, 0) is 27.5 Å². The first-order valence-corrected chi connectivity index (χ1v) is 23.3. The highest BCUT2D eigenvalue weighted by Gasteiger charge is 2.53. The second-order valence-electron chi connectivity index (χ2n) is 13.3. The SMILES string of the molecule is CC(C)(C)Oc1ccc(S(OS(=O)(=O)C(F)(F)F)(c2ccccc2)c2ccccc2)cc1.O=S(=O)(OS(c1ccccc1)(c1ccccc1)c1ccccc1)C(F)(F)F. The van der Waals surface area contributed by atoms with Gasteiger partial charge in [-0.2, -0.15) is 50.4 Å². The lowest BCUT2D eigenvalue weighted by molar-refractivity contribution is -0.0501. The van der Waals surface area contributed by atoms with Crippen molar-refractivity contribution in [2.24, 2.45) is 0 Å². The van der Waals surface area contributed by atoms with Crippen molar-refractivity contribution in [3.63, 3.8) is 0 Å². The number of hydrogen-bond donors (Lipinski definition) is 0. The first kappa shape index (κ1) is 45.3. The molecule has 0 heterocycles. The standard InChI is InChI=1S/C23H23F3O4S2.C19H15F3O3S2/c1-22(2,3)29-18-14-16-21(17-15-18)31(19-10-6-4-7-11-19,20-12-8-5-9-13-20)30-32(27,28)23(24,25)26;20-19(21,22)27(23,24)25-26(16-10-4-1-5-11-16,17-12-6-2-7-13-17)18-14-8-3-9-15-18/h4-17H,1-3H3;1-15H. The number of hydrogen-bond acceptors (Lipinski definition) is 7. The second kappa shape index (κ2) is 17.8. The average Bonchev–Trinajstić information content (AvgIpc) is 3.20. The summed E-state index contributed by atoms with van der Waals surface area (Å²) in [5.74, 6) is 0.495. The Balaban J connectivity index is 0.000000227. The van der Waals surface area contributed by atoms with Crippen molar-refractivity contribution < 1.29 is 55.2 Å². The summed E-state index contributed by atoms with van der Waals surface area (Å²) in [5, 5.41) is 0. The fourth-order valence-corrected chi connectivity index (χ4v) is 15.0. The topological polar surface area (TPSA) is 96.0 Å². The molecule has 0 saturated carbocycles. The van der Waals surface area contributed by atoms with E-state index in [9.17, 15) is 43.2 Å². The summed E-state index contributed by atoms with van der Waals surface area (Å²) in [6, 6.07) is 46.7. The summed E-state index contributed by atoms with van der Waals surface area (Å²) in [7, 11) is -18.3. The van der Waals surface area contributed by atoms with Crippen LogP contribution in [0, 0.1) is 0 Å². The predicted molar refractivity (Wildman–Crippen MR) is 216 cm³/mol. The van der Waals surface area contributed by atoms with Gasteiger partial charge in [0, 0.05) is 29.4 Å². The number of alkyl halides is 6. The quantitative estimate of drug-likeness (QED) is 0.0944. The molecule has 59 heavy (non-hydrogen) atoms. The Morgan fingerprint density at radius 2 is 0.576 bits per heavy atom. The zero-order valence-electron chi connectivity index (χ0n) is 31.5. The minimum Gasteiger partial charge on any atom is -0.488 e. The molecule has 0 atom stereocenters. The van der Waals surface area contributed by atoms with E-state index in [1.807, 2.05) is 20.8 Å². The molecule has 0 fully saturated rings. The summed E-state index contributed by atoms with van der Waals surface area (Å²) in [5.41, 5.74) is -11.6. The van der Waals surface area contributed by atoms with Gasteiger partial charge in [-0.1, -0.05) is 91.0 Å². The summed E-state index contributed by atoms with van der Waals surface area (Å²) in [6.45, 7) is 5.59. The zero-order chi connectivity index (χ0) is 43.2. The molecule has 0 bridgehead atoms. The van der Waals surface area contributed by atoms with Gasteiger partial charge < -0.3 is 4.74 Å². The highest BCUT2D eigenvalue weighted by Crippen LogP contribution is 2.71. The fraction of sp³-hybridized carbons (Fsp3) is 0.143. The van der Waals surface area contributed by atoms with Crippen LogP contribution in [0.5, 0.6) is 5.75 Å². The number of rotatable bonds is 11. The molecule has 0 spiro atoms. The maximum absolute atomic E-state index is 13.4. The lowest BCUT2D eigenvalue weighted by Gasteiger charge is -2.39. The molecule has 7 nitrogen and oxygen atoms in total. The van der Waals surface area contributed by atoms with Crippen LogP contribution in [0.2, 0.25) is 0 Å². The highest BCUT2D eigenvalue weighted by atomic mass is 32.3. The van der Waals surface area contributed by atoms with Gasteiger partial charge in [0.05, 0.1) is 0 Å². The molecule has 6 aromatic carbocycles. The number of benzene rings is 6. The maximum Gasteiger partial charge on any atom is 0.524 e. The lowest BCUT2D eigenvalue weighted by atomic mass is 10.2. The molecule has 0 radical (unpaired) electrons. The van der Waals surface area contributed by atoms with Crippen molar-refractivity contribution in [1.82, 2.24) is 0 Å². The van der Waals surface area contributed by atoms with Gasteiger partial charge in [0.1, 0.15) is 11.4 Å². The fourth-order valence-electron chi connectivity index (χ4n) is 5.51. The van der Waals surface area contributed by atoms with E-state index in [2.05, 4.69) is 0 Å². The Hall–Kier alpha value is -4.78. The van der Waals surface area contributed by atoms with E-state index in [1.165, 1.54) is 0 Å². The molecule has 6 rings (SSSR count). The maximum atomic E-state index is 13.4. The van der Waals surface area contributed by atoms with Crippen LogP contribution >= 0.6 is 20.6 Å². The second-order valence-corrected chi connectivity index (χ2v) is 22.2. The molecule has 0 N–H and O–H groups in total. The normalized spacial score (nSPS) is 13.4.